The van der Waals surface area contributed by atoms with Gasteiger partial charge in [-0.15, -0.1) is 0 Å². The number of non-ortho nitro benzene ring substituents is 1. The summed E-state index contributed by atoms with van der Waals surface area (Å²) in [7, 11) is 6.17. The summed E-state index contributed by atoms with van der Waals surface area (Å²) in [5.41, 5.74) is 2.65. The number of rotatable bonds is 10. The minimum atomic E-state index is -0.486. The van der Waals surface area contributed by atoms with Gasteiger partial charge in [-0.1, -0.05) is 30.4 Å². The van der Waals surface area contributed by atoms with Crippen molar-refractivity contribution in [1.82, 2.24) is 0 Å². The molecule has 0 aliphatic heterocycles. The van der Waals surface area contributed by atoms with Crippen LogP contribution in [0.3, 0.4) is 0 Å². The fourth-order valence-corrected chi connectivity index (χ4v) is 3.39. The highest BCUT2D eigenvalue weighted by Gasteiger charge is 2.12. The molecular formula is C27H26N2O7. The van der Waals surface area contributed by atoms with E-state index in [2.05, 4.69) is 5.32 Å². The van der Waals surface area contributed by atoms with E-state index < -0.39 is 10.8 Å². The third-order valence-electron chi connectivity index (χ3n) is 5.15. The summed E-state index contributed by atoms with van der Waals surface area (Å²) in [6.45, 7) is 0. The van der Waals surface area contributed by atoms with Crippen LogP contribution < -0.4 is 24.3 Å². The number of methoxy groups -OCH3 is 4. The molecular weight excluding hydrogens is 464 g/mol. The molecule has 0 bridgehead atoms. The van der Waals surface area contributed by atoms with Gasteiger partial charge in [-0.05, 0) is 47.0 Å². The third-order valence-corrected chi connectivity index (χ3v) is 5.15. The van der Waals surface area contributed by atoms with Crippen molar-refractivity contribution in [2.24, 2.45) is 0 Å². The lowest BCUT2D eigenvalue weighted by molar-refractivity contribution is -0.384. The topological polar surface area (TPSA) is 109 Å². The predicted molar refractivity (Wildman–Crippen MR) is 139 cm³/mol. The number of amides is 1. The van der Waals surface area contributed by atoms with E-state index in [0.29, 0.717) is 34.2 Å². The monoisotopic (exact) mass is 490 g/mol. The number of carbonyl (C=O) groups is 1. The summed E-state index contributed by atoms with van der Waals surface area (Å²) in [5.74, 6) is 1.67. The van der Waals surface area contributed by atoms with Crippen LogP contribution in [0, 0.1) is 10.1 Å². The Balaban J connectivity index is 1.75. The minimum absolute atomic E-state index is 0.0469. The number of nitro benzene ring substituents is 1. The molecule has 0 fully saturated rings. The number of hydrogen-bond donors (Lipinski definition) is 1. The summed E-state index contributed by atoms with van der Waals surface area (Å²) < 4.78 is 21.6. The molecule has 3 rings (SSSR count). The summed E-state index contributed by atoms with van der Waals surface area (Å²) >= 11 is 0. The van der Waals surface area contributed by atoms with E-state index in [0.717, 1.165) is 11.1 Å². The molecule has 9 nitrogen and oxygen atoms in total. The average molecular weight is 491 g/mol. The number of nitrogens with one attached hydrogen (secondary N) is 1. The van der Waals surface area contributed by atoms with Crippen molar-refractivity contribution in [2.75, 3.05) is 33.8 Å². The average Bonchev–Trinajstić information content (AvgIpc) is 2.90. The quantitative estimate of drug-likeness (QED) is 0.174. The van der Waals surface area contributed by atoms with Crippen LogP contribution in [0.25, 0.3) is 18.2 Å². The largest absolute Gasteiger partial charge is 0.495 e. The van der Waals surface area contributed by atoms with Crippen molar-refractivity contribution >= 4 is 35.5 Å². The van der Waals surface area contributed by atoms with Crippen molar-refractivity contribution in [3.63, 3.8) is 0 Å². The molecule has 36 heavy (non-hydrogen) atoms. The lowest BCUT2D eigenvalue weighted by Gasteiger charge is -2.13. The molecule has 1 amide bonds. The van der Waals surface area contributed by atoms with Crippen LogP contribution in [0.4, 0.5) is 11.4 Å². The third kappa shape index (κ3) is 6.41. The first-order valence-corrected chi connectivity index (χ1v) is 10.8. The Hall–Kier alpha value is -4.79. The number of hydrogen-bond acceptors (Lipinski definition) is 7. The molecule has 0 aromatic heterocycles. The fourth-order valence-electron chi connectivity index (χ4n) is 3.39. The van der Waals surface area contributed by atoms with Crippen molar-refractivity contribution in [3.05, 3.63) is 87.5 Å². The highest BCUT2D eigenvalue weighted by molar-refractivity contribution is 6.03. The Labute approximate surface area is 208 Å². The van der Waals surface area contributed by atoms with Crippen LogP contribution in [0.5, 0.6) is 23.0 Å². The molecule has 3 aromatic carbocycles. The van der Waals surface area contributed by atoms with Crippen LogP contribution >= 0.6 is 0 Å². The van der Waals surface area contributed by atoms with Crippen molar-refractivity contribution in [3.8, 4) is 23.0 Å². The smallest absolute Gasteiger partial charge is 0.270 e. The predicted octanol–water partition coefficient (Wildman–Crippen LogP) is 5.45. The van der Waals surface area contributed by atoms with Crippen molar-refractivity contribution < 1.29 is 28.7 Å². The SMILES string of the molecule is COc1cc(/C=C/c2cc(OC)c(OC)c(OC)c2)ccc1NC(=O)/C=C/c1cccc([N+](=O)[O-])c1. The first kappa shape index (κ1) is 25.8. The Morgan fingerprint density at radius 2 is 1.39 bits per heavy atom. The zero-order chi connectivity index (χ0) is 26.1. The molecule has 1 N–H and O–H groups in total. The van der Waals surface area contributed by atoms with Crippen LogP contribution in [0.2, 0.25) is 0 Å². The second kappa shape index (κ2) is 12.1. The Morgan fingerprint density at radius 3 is 2.00 bits per heavy atom. The summed E-state index contributed by atoms with van der Waals surface area (Å²) in [5, 5.41) is 13.7. The van der Waals surface area contributed by atoms with E-state index in [1.54, 1.807) is 45.6 Å². The van der Waals surface area contributed by atoms with Crippen LogP contribution in [-0.4, -0.2) is 39.3 Å². The van der Waals surface area contributed by atoms with E-state index in [9.17, 15) is 14.9 Å². The van der Waals surface area contributed by atoms with Gasteiger partial charge in [0.15, 0.2) is 11.5 Å². The highest BCUT2D eigenvalue weighted by Crippen LogP contribution is 2.38. The van der Waals surface area contributed by atoms with Gasteiger partial charge in [-0.25, -0.2) is 0 Å². The van der Waals surface area contributed by atoms with Gasteiger partial charge >= 0.3 is 0 Å². The van der Waals surface area contributed by atoms with Gasteiger partial charge in [0.2, 0.25) is 11.7 Å². The van der Waals surface area contributed by atoms with E-state index in [-0.39, 0.29) is 5.69 Å². The van der Waals surface area contributed by atoms with Crippen LogP contribution in [-0.2, 0) is 4.79 Å². The van der Waals surface area contributed by atoms with Gasteiger partial charge in [0.25, 0.3) is 5.69 Å². The summed E-state index contributed by atoms with van der Waals surface area (Å²) in [4.78, 5) is 22.8. The van der Waals surface area contributed by atoms with Crippen LogP contribution in [0.15, 0.2) is 60.7 Å². The van der Waals surface area contributed by atoms with Crippen molar-refractivity contribution in [1.29, 1.82) is 0 Å². The van der Waals surface area contributed by atoms with Gasteiger partial charge in [-0.2, -0.15) is 0 Å². The lowest BCUT2D eigenvalue weighted by atomic mass is 10.1. The minimum Gasteiger partial charge on any atom is -0.495 e. The molecule has 0 aliphatic rings. The number of ether oxygens (including phenoxy) is 4. The number of anilines is 1. The molecule has 0 saturated carbocycles. The Kier molecular flexibility index (Phi) is 8.66. The first-order valence-electron chi connectivity index (χ1n) is 10.8. The number of nitro groups is 1. The molecule has 186 valence electrons. The first-order chi connectivity index (χ1) is 17.4. The van der Waals surface area contributed by atoms with E-state index in [4.69, 9.17) is 18.9 Å². The molecule has 0 saturated heterocycles. The maximum atomic E-state index is 12.4. The Morgan fingerprint density at radius 1 is 0.778 bits per heavy atom. The number of nitrogens with zero attached hydrogens (tertiary/aromatic N) is 1. The molecule has 0 spiro atoms. The zero-order valence-electron chi connectivity index (χ0n) is 20.3. The molecule has 0 aliphatic carbocycles. The van der Waals surface area contributed by atoms with Crippen LogP contribution in [0.1, 0.15) is 16.7 Å². The number of benzene rings is 3. The second-order valence-electron chi connectivity index (χ2n) is 7.43. The highest BCUT2D eigenvalue weighted by atomic mass is 16.6. The molecule has 3 aromatic rings. The van der Waals surface area contributed by atoms with E-state index in [1.807, 2.05) is 30.4 Å². The summed E-state index contributed by atoms with van der Waals surface area (Å²) in [6.07, 6.45) is 6.58. The van der Waals surface area contributed by atoms with E-state index in [1.165, 1.54) is 31.4 Å². The standard InChI is InChI=1S/C27H26N2O7/c1-33-23-15-19(8-9-20-16-24(34-2)27(36-4)25(17-20)35-3)10-12-22(23)28-26(30)13-11-18-6-5-7-21(14-18)29(31)32/h5-17H,1-4H3,(H,28,30)/b9-8+,13-11+. The lowest BCUT2D eigenvalue weighted by Crippen LogP contribution is -2.09. The van der Waals surface area contributed by atoms with E-state index >= 15 is 0 Å². The molecule has 9 heteroatoms. The maximum absolute atomic E-state index is 12.4. The van der Waals surface area contributed by atoms with Gasteiger partial charge in [0, 0.05) is 18.2 Å². The number of carbonyl (C=O) groups excluding carboxylic acids is 1. The zero-order valence-corrected chi connectivity index (χ0v) is 20.3. The second-order valence-corrected chi connectivity index (χ2v) is 7.43. The normalized spacial score (nSPS) is 10.9. The molecule has 0 unspecified atom stereocenters. The van der Waals surface area contributed by atoms with Gasteiger partial charge < -0.3 is 24.3 Å². The maximum Gasteiger partial charge on any atom is 0.270 e. The molecule has 0 atom stereocenters. The van der Waals surface area contributed by atoms with Gasteiger partial charge in [0.1, 0.15) is 5.75 Å². The Bertz CT molecular complexity index is 1290. The van der Waals surface area contributed by atoms with Gasteiger partial charge in [-0.3, -0.25) is 14.9 Å². The molecule has 0 radical (unpaired) electrons. The summed E-state index contributed by atoms with van der Waals surface area (Å²) in [6, 6.07) is 15.0. The fraction of sp³-hybridized carbons (Fsp3) is 0.148. The van der Waals surface area contributed by atoms with Crippen molar-refractivity contribution in [2.45, 2.75) is 0 Å². The van der Waals surface area contributed by atoms with Gasteiger partial charge in [0.05, 0.1) is 39.0 Å². The molecule has 0 heterocycles.